The number of benzene rings is 1. The van der Waals surface area contributed by atoms with Crippen LogP contribution >= 0.6 is 24.0 Å². The first-order valence-corrected chi connectivity index (χ1v) is 6.92. The molecule has 0 spiro atoms. The number of hydrogen-bond donors (Lipinski definition) is 1. The molecule has 0 radical (unpaired) electrons. The molecule has 0 amide bonds. The number of nitrogens with one attached hydrogen (secondary N) is 1. The molecule has 0 aliphatic carbocycles. The van der Waals surface area contributed by atoms with Crippen LogP contribution < -0.4 is 5.56 Å². The average Bonchev–Trinajstić information content (AvgIpc) is 2.79. The summed E-state index contributed by atoms with van der Waals surface area (Å²) in [7, 11) is 0. The molecule has 6 heteroatoms. The molecule has 0 atom stereocenters. The Hall–Kier alpha value is -1.78. The van der Waals surface area contributed by atoms with E-state index in [4.69, 9.17) is 11.6 Å². The highest BCUT2D eigenvalue weighted by Crippen LogP contribution is 2.17. The summed E-state index contributed by atoms with van der Waals surface area (Å²) in [5.41, 5.74) is 2.60. The summed E-state index contributed by atoms with van der Waals surface area (Å²) in [6.45, 7) is 2.10. The van der Waals surface area contributed by atoms with Crippen LogP contribution in [0.25, 0.3) is 16.6 Å². The summed E-state index contributed by atoms with van der Waals surface area (Å²) in [6, 6.07) is 7.15. The van der Waals surface area contributed by atoms with Gasteiger partial charge >= 0.3 is 0 Å². The van der Waals surface area contributed by atoms with Gasteiger partial charge < -0.3 is 0 Å². The summed E-state index contributed by atoms with van der Waals surface area (Å²) in [5, 5.41) is 4.44. The van der Waals surface area contributed by atoms with Crippen LogP contribution in [0.1, 0.15) is 18.9 Å². The second-order valence-electron chi connectivity index (χ2n) is 4.70. The molecule has 3 aromatic rings. The Kier molecular flexibility index (Phi) is 4.70. The van der Waals surface area contributed by atoms with E-state index in [1.807, 2.05) is 18.3 Å². The number of aromatic nitrogens is 3. The third kappa shape index (κ3) is 2.82. The molecular weight excluding hydrogens is 309 g/mol. The van der Waals surface area contributed by atoms with E-state index in [1.54, 1.807) is 18.3 Å². The van der Waals surface area contributed by atoms with Crippen molar-refractivity contribution in [3.63, 3.8) is 0 Å². The predicted octanol–water partition coefficient (Wildman–Crippen LogP) is 3.74. The lowest BCUT2D eigenvalue weighted by Crippen LogP contribution is -2.13. The monoisotopic (exact) mass is 323 g/mol. The van der Waals surface area contributed by atoms with Crippen LogP contribution in [0, 0.1) is 0 Å². The van der Waals surface area contributed by atoms with E-state index < -0.39 is 0 Å². The van der Waals surface area contributed by atoms with E-state index in [9.17, 15) is 4.79 Å². The maximum atomic E-state index is 12.4. The van der Waals surface area contributed by atoms with Crippen molar-refractivity contribution in [2.24, 2.45) is 0 Å². The predicted molar refractivity (Wildman–Crippen MR) is 87.9 cm³/mol. The average molecular weight is 324 g/mol. The Morgan fingerprint density at radius 2 is 1.95 bits per heavy atom. The Morgan fingerprint density at radius 3 is 2.62 bits per heavy atom. The van der Waals surface area contributed by atoms with Crippen LogP contribution in [-0.4, -0.2) is 14.8 Å². The number of fused-ring (bicyclic) bond motifs is 1. The van der Waals surface area contributed by atoms with E-state index in [0.717, 1.165) is 29.6 Å². The van der Waals surface area contributed by atoms with Gasteiger partial charge in [0.2, 0.25) is 0 Å². The Labute approximate surface area is 133 Å². The summed E-state index contributed by atoms with van der Waals surface area (Å²) < 4.78 is 1.53. The molecule has 2 heterocycles. The highest BCUT2D eigenvalue weighted by Gasteiger charge is 2.11. The number of rotatable bonds is 3. The molecule has 1 N–H and O–H groups in total. The first-order chi connectivity index (χ1) is 9.70. The van der Waals surface area contributed by atoms with Crippen LogP contribution in [0.3, 0.4) is 0 Å². The van der Waals surface area contributed by atoms with Gasteiger partial charge in [0.25, 0.3) is 5.56 Å². The molecule has 0 saturated heterocycles. The maximum absolute atomic E-state index is 12.4. The van der Waals surface area contributed by atoms with Gasteiger partial charge in [-0.2, -0.15) is 0 Å². The van der Waals surface area contributed by atoms with E-state index in [1.165, 1.54) is 4.68 Å². The quantitative estimate of drug-likeness (QED) is 0.798. The van der Waals surface area contributed by atoms with Crippen molar-refractivity contribution in [2.45, 2.75) is 19.8 Å². The highest BCUT2D eigenvalue weighted by atomic mass is 35.5. The van der Waals surface area contributed by atoms with Gasteiger partial charge in [-0.3, -0.25) is 14.9 Å². The lowest BCUT2D eigenvalue weighted by atomic mass is 10.1. The van der Waals surface area contributed by atoms with Gasteiger partial charge in [-0.1, -0.05) is 24.9 Å². The van der Waals surface area contributed by atoms with Crippen LogP contribution in [0.2, 0.25) is 5.02 Å². The molecule has 0 aliphatic rings. The van der Waals surface area contributed by atoms with Gasteiger partial charge in [0, 0.05) is 17.4 Å². The Bertz CT molecular complexity index is 806. The van der Waals surface area contributed by atoms with Gasteiger partial charge in [0.1, 0.15) is 0 Å². The van der Waals surface area contributed by atoms with Crippen molar-refractivity contribution >= 4 is 34.9 Å². The van der Waals surface area contributed by atoms with Crippen molar-refractivity contribution in [3.05, 3.63) is 57.6 Å². The second kappa shape index (κ2) is 6.33. The van der Waals surface area contributed by atoms with E-state index in [-0.39, 0.29) is 18.0 Å². The number of halogens is 2. The third-order valence-corrected chi connectivity index (χ3v) is 3.54. The SMILES string of the molecule is CCCc1cncc2c(=O)n(-c3ccc(Cl)cc3)[nH]c12.Cl. The molecule has 1 aromatic carbocycles. The maximum Gasteiger partial charge on any atom is 0.280 e. The smallest absolute Gasteiger partial charge is 0.280 e. The zero-order chi connectivity index (χ0) is 14.1. The highest BCUT2D eigenvalue weighted by molar-refractivity contribution is 6.30. The van der Waals surface area contributed by atoms with Gasteiger partial charge in [-0.25, -0.2) is 4.68 Å². The van der Waals surface area contributed by atoms with Crippen molar-refractivity contribution in [3.8, 4) is 5.69 Å². The fraction of sp³-hybridized carbons (Fsp3) is 0.200. The van der Waals surface area contributed by atoms with E-state index in [0.29, 0.717) is 10.4 Å². The zero-order valence-corrected chi connectivity index (χ0v) is 13.0. The standard InChI is InChI=1S/C15H14ClN3O.ClH/c1-2-3-10-8-17-9-13-14(10)18-19(15(13)20)12-6-4-11(16)5-7-12;/h4-9,18H,2-3H2,1H3;1H. The number of H-pyrrole nitrogens is 1. The summed E-state index contributed by atoms with van der Waals surface area (Å²) in [5.74, 6) is 0. The minimum Gasteiger partial charge on any atom is -0.290 e. The fourth-order valence-corrected chi connectivity index (χ4v) is 2.44. The van der Waals surface area contributed by atoms with Crippen molar-refractivity contribution < 1.29 is 0 Å². The van der Waals surface area contributed by atoms with Crippen LogP contribution in [0.15, 0.2) is 41.5 Å². The van der Waals surface area contributed by atoms with Crippen LogP contribution in [0.5, 0.6) is 0 Å². The van der Waals surface area contributed by atoms with Gasteiger partial charge in [-0.05, 0) is 36.2 Å². The second-order valence-corrected chi connectivity index (χ2v) is 5.14. The Morgan fingerprint density at radius 1 is 1.24 bits per heavy atom. The number of aromatic amines is 1. The molecule has 3 rings (SSSR count). The molecule has 0 unspecified atom stereocenters. The number of pyridine rings is 1. The van der Waals surface area contributed by atoms with Crippen LogP contribution in [-0.2, 0) is 6.42 Å². The van der Waals surface area contributed by atoms with E-state index >= 15 is 0 Å². The van der Waals surface area contributed by atoms with Crippen molar-refractivity contribution in [1.82, 2.24) is 14.8 Å². The number of aryl methyl sites for hydroxylation is 1. The summed E-state index contributed by atoms with van der Waals surface area (Å²) in [4.78, 5) is 16.6. The molecule has 0 bridgehead atoms. The normalized spacial score (nSPS) is 10.6. The molecule has 2 aromatic heterocycles. The largest absolute Gasteiger partial charge is 0.290 e. The molecule has 0 saturated carbocycles. The van der Waals surface area contributed by atoms with Gasteiger partial charge in [0.15, 0.2) is 0 Å². The molecular formula is C15H15Cl2N3O. The lowest BCUT2D eigenvalue weighted by Gasteiger charge is -2.01. The Balaban J connectivity index is 0.00000161. The van der Waals surface area contributed by atoms with Crippen molar-refractivity contribution in [1.29, 1.82) is 0 Å². The fourth-order valence-electron chi connectivity index (χ4n) is 2.31. The molecule has 0 aliphatic heterocycles. The third-order valence-electron chi connectivity index (χ3n) is 3.29. The zero-order valence-electron chi connectivity index (χ0n) is 11.5. The molecule has 21 heavy (non-hydrogen) atoms. The van der Waals surface area contributed by atoms with E-state index in [2.05, 4.69) is 17.0 Å². The minimum atomic E-state index is -0.0900. The van der Waals surface area contributed by atoms with Crippen LogP contribution in [0.4, 0.5) is 0 Å². The minimum absolute atomic E-state index is 0. The summed E-state index contributed by atoms with van der Waals surface area (Å²) >= 11 is 5.88. The lowest BCUT2D eigenvalue weighted by molar-refractivity contribution is 0.855. The number of hydrogen-bond acceptors (Lipinski definition) is 2. The molecule has 4 nitrogen and oxygen atoms in total. The summed E-state index contributed by atoms with van der Waals surface area (Å²) in [6.07, 6.45) is 5.33. The first-order valence-electron chi connectivity index (χ1n) is 6.54. The molecule has 110 valence electrons. The molecule has 0 fully saturated rings. The van der Waals surface area contributed by atoms with Gasteiger partial charge in [0.05, 0.1) is 16.6 Å². The first kappa shape index (κ1) is 15.6. The number of nitrogens with zero attached hydrogens (tertiary/aromatic N) is 2. The van der Waals surface area contributed by atoms with Crippen molar-refractivity contribution in [2.75, 3.05) is 0 Å². The van der Waals surface area contributed by atoms with Gasteiger partial charge in [-0.15, -0.1) is 12.4 Å². The topological polar surface area (TPSA) is 50.7 Å².